The lowest BCUT2D eigenvalue weighted by atomic mass is 10.0. The maximum absolute atomic E-state index is 13.2. The van der Waals surface area contributed by atoms with Gasteiger partial charge in [0, 0.05) is 24.8 Å². The molecule has 1 heterocycles. The molecule has 0 unspecified atom stereocenters. The Morgan fingerprint density at radius 1 is 0.794 bits per heavy atom. The van der Waals surface area contributed by atoms with Gasteiger partial charge in [-0.25, -0.2) is 4.79 Å². The Balaban J connectivity index is 1.24. The SMILES string of the molecule is O=C(Nc1ccccc1)NC1CCN(C(=O)c2ccccc2OCCOc2ccccc2)CC1. The lowest BCUT2D eigenvalue weighted by molar-refractivity contribution is 0.0703. The van der Waals surface area contributed by atoms with Crippen LogP contribution in [0, 0.1) is 0 Å². The molecule has 0 radical (unpaired) electrons. The Labute approximate surface area is 199 Å². The summed E-state index contributed by atoms with van der Waals surface area (Å²) < 4.78 is 11.5. The third-order valence-corrected chi connectivity index (χ3v) is 5.62. The van der Waals surface area contributed by atoms with E-state index in [-0.39, 0.29) is 18.0 Å². The Kier molecular flexibility index (Phi) is 8.00. The number of carbonyl (C=O) groups excluding carboxylic acids is 2. The van der Waals surface area contributed by atoms with Crippen molar-refractivity contribution in [1.82, 2.24) is 10.2 Å². The van der Waals surface area contributed by atoms with Gasteiger partial charge in [0.25, 0.3) is 5.91 Å². The minimum Gasteiger partial charge on any atom is -0.490 e. The fraction of sp³-hybridized carbons (Fsp3) is 0.259. The number of amides is 3. The summed E-state index contributed by atoms with van der Waals surface area (Å²) in [5, 5.41) is 5.83. The minimum atomic E-state index is -0.229. The van der Waals surface area contributed by atoms with E-state index in [1.54, 1.807) is 12.1 Å². The predicted molar refractivity (Wildman–Crippen MR) is 131 cm³/mol. The molecular formula is C27H29N3O4. The standard InChI is InChI=1S/C27H29N3O4/c31-26(24-13-7-8-14-25(24)34-20-19-33-23-11-5-2-6-12-23)30-17-15-22(16-18-30)29-27(32)28-21-9-3-1-4-10-21/h1-14,22H,15-20H2,(H2,28,29,32). The number of piperidine rings is 1. The molecule has 34 heavy (non-hydrogen) atoms. The van der Waals surface area contributed by atoms with Crippen LogP contribution in [0.3, 0.4) is 0 Å². The van der Waals surface area contributed by atoms with Gasteiger partial charge in [0.2, 0.25) is 0 Å². The van der Waals surface area contributed by atoms with Crippen LogP contribution in [-0.4, -0.2) is 49.2 Å². The lowest BCUT2D eigenvalue weighted by Gasteiger charge is -2.32. The molecule has 3 aromatic carbocycles. The van der Waals surface area contributed by atoms with Gasteiger partial charge in [0.15, 0.2) is 0 Å². The zero-order valence-electron chi connectivity index (χ0n) is 19.0. The molecule has 176 valence electrons. The number of para-hydroxylation sites is 3. The number of rotatable bonds is 8. The number of carbonyl (C=O) groups is 2. The van der Waals surface area contributed by atoms with Crippen molar-refractivity contribution < 1.29 is 19.1 Å². The topological polar surface area (TPSA) is 79.9 Å². The van der Waals surface area contributed by atoms with E-state index in [1.807, 2.05) is 77.7 Å². The van der Waals surface area contributed by atoms with E-state index in [0.29, 0.717) is 50.5 Å². The molecule has 1 saturated heterocycles. The Hall–Kier alpha value is -4.00. The number of ether oxygens (including phenoxy) is 2. The number of hydrogen-bond acceptors (Lipinski definition) is 4. The van der Waals surface area contributed by atoms with Gasteiger partial charge in [0.05, 0.1) is 5.56 Å². The van der Waals surface area contributed by atoms with Crippen LogP contribution in [0.1, 0.15) is 23.2 Å². The summed E-state index contributed by atoms with van der Waals surface area (Å²) in [6.45, 7) is 1.86. The molecular weight excluding hydrogens is 430 g/mol. The van der Waals surface area contributed by atoms with Crippen molar-refractivity contribution >= 4 is 17.6 Å². The van der Waals surface area contributed by atoms with Gasteiger partial charge in [-0.05, 0) is 49.2 Å². The molecule has 1 aliphatic rings. The smallest absolute Gasteiger partial charge is 0.319 e. The Morgan fingerprint density at radius 3 is 2.15 bits per heavy atom. The highest BCUT2D eigenvalue weighted by Gasteiger charge is 2.26. The predicted octanol–water partition coefficient (Wildman–Crippen LogP) is 4.57. The van der Waals surface area contributed by atoms with E-state index in [2.05, 4.69) is 10.6 Å². The summed E-state index contributed by atoms with van der Waals surface area (Å²) in [7, 11) is 0. The van der Waals surface area contributed by atoms with Crippen LogP contribution >= 0.6 is 0 Å². The first-order valence-electron chi connectivity index (χ1n) is 11.5. The number of nitrogens with one attached hydrogen (secondary N) is 2. The first kappa shape index (κ1) is 23.2. The van der Waals surface area contributed by atoms with E-state index in [0.717, 1.165) is 11.4 Å². The second-order valence-corrected chi connectivity index (χ2v) is 8.04. The first-order valence-corrected chi connectivity index (χ1v) is 11.5. The number of hydrogen-bond donors (Lipinski definition) is 2. The highest BCUT2D eigenvalue weighted by atomic mass is 16.5. The number of likely N-dealkylation sites (tertiary alicyclic amines) is 1. The maximum Gasteiger partial charge on any atom is 0.319 e. The van der Waals surface area contributed by atoms with Gasteiger partial charge >= 0.3 is 6.03 Å². The number of benzene rings is 3. The summed E-state index contributed by atoms with van der Waals surface area (Å²) in [5.41, 5.74) is 1.29. The molecule has 2 N–H and O–H groups in total. The summed E-state index contributed by atoms with van der Waals surface area (Å²) in [6, 6.07) is 25.9. The van der Waals surface area contributed by atoms with Crippen molar-refractivity contribution in [3.63, 3.8) is 0 Å². The third-order valence-electron chi connectivity index (χ3n) is 5.62. The highest BCUT2D eigenvalue weighted by Crippen LogP contribution is 2.22. The van der Waals surface area contributed by atoms with Gasteiger partial charge in [-0.3, -0.25) is 4.79 Å². The number of urea groups is 1. The normalized spacial score (nSPS) is 13.7. The van der Waals surface area contributed by atoms with E-state index in [9.17, 15) is 9.59 Å². The molecule has 7 nitrogen and oxygen atoms in total. The van der Waals surface area contributed by atoms with E-state index in [4.69, 9.17) is 9.47 Å². The van der Waals surface area contributed by atoms with Crippen molar-refractivity contribution in [3.05, 3.63) is 90.5 Å². The minimum absolute atomic E-state index is 0.0226. The number of anilines is 1. The molecule has 0 aromatic heterocycles. The fourth-order valence-corrected chi connectivity index (χ4v) is 3.87. The summed E-state index contributed by atoms with van der Waals surface area (Å²) in [6.07, 6.45) is 1.39. The van der Waals surface area contributed by atoms with Gasteiger partial charge in [-0.2, -0.15) is 0 Å². The summed E-state index contributed by atoms with van der Waals surface area (Å²) in [4.78, 5) is 27.2. The van der Waals surface area contributed by atoms with Gasteiger partial charge in [-0.15, -0.1) is 0 Å². The van der Waals surface area contributed by atoms with Gasteiger partial charge in [-0.1, -0.05) is 48.5 Å². The molecule has 1 aliphatic heterocycles. The van der Waals surface area contributed by atoms with Crippen LogP contribution < -0.4 is 20.1 Å². The van der Waals surface area contributed by atoms with Crippen LogP contribution in [0.2, 0.25) is 0 Å². The van der Waals surface area contributed by atoms with Gasteiger partial charge < -0.3 is 25.0 Å². The average molecular weight is 460 g/mol. The van der Waals surface area contributed by atoms with Crippen molar-refractivity contribution in [3.8, 4) is 11.5 Å². The zero-order valence-corrected chi connectivity index (χ0v) is 19.0. The molecule has 0 spiro atoms. The maximum atomic E-state index is 13.2. The summed E-state index contributed by atoms with van der Waals surface area (Å²) in [5.74, 6) is 1.27. The van der Waals surface area contributed by atoms with Crippen LogP contribution in [0.4, 0.5) is 10.5 Å². The Bertz CT molecular complexity index is 1070. The van der Waals surface area contributed by atoms with Crippen molar-refractivity contribution in [1.29, 1.82) is 0 Å². The van der Waals surface area contributed by atoms with Crippen LogP contribution in [0.5, 0.6) is 11.5 Å². The average Bonchev–Trinajstić information content (AvgIpc) is 2.88. The molecule has 4 rings (SSSR count). The molecule has 1 fully saturated rings. The van der Waals surface area contributed by atoms with E-state index >= 15 is 0 Å². The molecule has 0 atom stereocenters. The molecule has 0 saturated carbocycles. The van der Waals surface area contributed by atoms with Gasteiger partial charge in [0.1, 0.15) is 24.7 Å². The second kappa shape index (κ2) is 11.7. The summed E-state index contributed by atoms with van der Waals surface area (Å²) >= 11 is 0. The van der Waals surface area contributed by atoms with Crippen molar-refractivity contribution in [2.24, 2.45) is 0 Å². The van der Waals surface area contributed by atoms with Crippen LogP contribution in [-0.2, 0) is 0 Å². The number of nitrogens with zero attached hydrogens (tertiary/aromatic N) is 1. The lowest BCUT2D eigenvalue weighted by Crippen LogP contribution is -2.47. The van der Waals surface area contributed by atoms with Crippen LogP contribution in [0.25, 0.3) is 0 Å². The largest absolute Gasteiger partial charge is 0.490 e. The van der Waals surface area contributed by atoms with E-state index in [1.165, 1.54) is 0 Å². The third kappa shape index (κ3) is 6.51. The molecule has 7 heteroatoms. The molecule has 0 aliphatic carbocycles. The highest BCUT2D eigenvalue weighted by molar-refractivity contribution is 5.97. The monoisotopic (exact) mass is 459 g/mol. The molecule has 0 bridgehead atoms. The quantitative estimate of drug-likeness (QED) is 0.484. The first-order chi connectivity index (χ1) is 16.7. The van der Waals surface area contributed by atoms with Crippen LogP contribution in [0.15, 0.2) is 84.9 Å². The van der Waals surface area contributed by atoms with Crippen molar-refractivity contribution in [2.45, 2.75) is 18.9 Å². The fourth-order valence-electron chi connectivity index (χ4n) is 3.87. The molecule has 3 aromatic rings. The second-order valence-electron chi connectivity index (χ2n) is 8.04. The van der Waals surface area contributed by atoms with Crippen molar-refractivity contribution in [2.75, 3.05) is 31.6 Å². The zero-order chi connectivity index (χ0) is 23.6. The molecule has 3 amide bonds. The van der Waals surface area contributed by atoms with E-state index < -0.39 is 0 Å². The Morgan fingerprint density at radius 2 is 1.41 bits per heavy atom.